The fourth-order valence-electron chi connectivity index (χ4n) is 5.32. The summed E-state index contributed by atoms with van der Waals surface area (Å²) in [6.07, 6.45) is 17.4. The van der Waals surface area contributed by atoms with Crippen molar-refractivity contribution in [3.05, 3.63) is 23.4 Å². The fraction of sp³-hybridized carbons (Fsp3) is 0.741. The van der Waals surface area contributed by atoms with E-state index in [4.69, 9.17) is 0 Å². The van der Waals surface area contributed by atoms with Crippen LogP contribution in [-0.2, 0) is 14.4 Å². The topological polar surface area (TPSA) is 78.5 Å². The second kappa shape index (κ2) is 12.4. The van der Waals surface area contributed by atoms with Gasteiger partial charge in [0.2, 0.25) is 11.8 Å². The predicted octanol–water partition coefficient (Wildman–Crippen LogP) is 4.75. The van der Waals surface area contributed by atoms with E-state index < -0.39 is 12.1 Å². The number of hydrogen-bond acceptors (Lipinski definition) is 3. The maximum absolute atomic E-state index is 13.7. The van der Waals surface area contributed by atoms with Crippen LogP contribution in [0.2, 0.25) is 0 Å². The third-order valence-electron chi connectivity index (χ3n) is 7.38. The van der Waals surface area contributed by atoms with Crippen LogP contribution in [0.1, 0.15) is 104 Å². The van der Waals surface area contributed by atoms with Crippen molar-refractivity contribution in [3.63, 3.8) is 0 Å². The van der Waals surface area contributed by atoms with Gasteiger partial charge in [0.25, 0.3) is 5.91 Å². The Morgan fingerprint density at radius 3 is 2.52 bits per heavy atom. The highest BCUT2D eigenvalue weighted by Crippen LogP contribution is 2.29. The summed E-state index contributed by atoms with van der Waals surface area (Å²) >= 11 is 0. The van der Waals surface area contributed by atoms with Crippen LogP contribution in [-0.4, -0.2) is 40.7 Å². The van der Waals surface area contributed by atoms with Gasteiger partial charge in [0.15, 0.2) is 0 Å². The van der Waals surface area contributed by atoms with E-state index >= 15 is 0 Å². The van der Waals surface area contributed by atoms with E-state index in [1.165, 1.54) is 25.7 Å². The SMILES string of the molecule is CCCCCCCCC(C(=O)NC1CCCCC1)N1C(=O)C2=CCC(C)C=C2NC(=O)C1C. The molecule has 2 fully saturated rings. The number of unbranched alkanes of at least 4 members (excludes halogenated alkanes) is 5. The smallest absolute Gasteiger partial charge is 0.256 e. The lowest BCUT2D eigenvalue weighted by Crippen LogP contribution is -2.56. The highest BCUT2D eigenvalue weighted by atomic mass is 16.2. The van der Waals surface area contributed by atoms with Gasteiger partial charge >= 0.3 is 0 Å². The van der Waals surface area contributed by atoms with Crippen molar-refractivity contribution in [1.82, 2.24) is 15.5 Å². The van der Waals surface area contributed by atoms with E-state index in [0.717, 1.165) is 51.4 Å². The molecular formula is C27H43N3O3. The van der Waals surface area contributed by atoms with E-state index in [1.54, 1.807) is 11.8 Å². The lowest BCUT2D eigenvalue weighted by Gasteiger charge is -2.35. The summed E-state index contributed by atoms with van der Waals surface area (Å²) in [5.41, 5.74) is 1.13. The Morgan fingerprint density at radius 1 is 1.09 bits per heavy atom. The molecule has 0 radical (unpaired) electrons. The largest absolute Gasteiger partial charge is 0.352 e. The van der Waals surface area contributed by atoms with Gasteiger partial charge in [-0.3, -0.25) is 14.4 Å². The molecule has 1 aliphatic heterocycles. The summed E-state index contributed by atoms with van der Waals surface area (Å²) in [5, 5.41) is 6.18. The second-order valence-corrected chi connectivity index (χ2v) is 10.2. The van der Waals surface area contributed by atoms with Gasteiger partial charge in [-0.1, -0.05) is 83.8 Å². The minimum atomic E-state index is -0.692. The quantitative estimate of drug-likeness (QED) is 0.465. The molecule has 0 aromatic heterocycles. The molecule has 6 heteroatoms. The molecule has 1 saturated carbocycles. The van der Waals surface area contributed by atoms with Crippen molar-refractivity contribution in [2.45, 2.75) is 122 Å². The van der Waals surface area contributed by atoms with Crippen LogP contribution in [0.3, 0.4) is 0 Å². The molecule has 0 aromatic carbocycles. The molecule has 3 rings (SSSR count). The second-order valence-electron chi connectivity index (χ2n) is 10.2. The number of carbonyl (C=O) groups is 3. The molecule has 1 saturated heterocycles. The van der Waals surface area contributed by atoms with E-state index in [2.05, 4.69) is 24.5 Å². The van der Waals surface area contributed by atoms with E-state index in [1.807, 2.05) is 12.2 Å². The van der Waals surface area contributed by atoms with Gasteiger partial charge in [0.1, 0.15) is 12.1 Å². The van der Waals surface area contributed by atoms with E-state index in [9.17, 15) is 14.4 Å². The lowest BCUT2D eigenvalue weighted by molar-refractivity contribution is -0.144. The maximum Gasteiger partial charge on any atom is 0.256 e. The number of carbonyl (C=O) groups excluding carboxylic acids is 3. The van der Waals surface area contributed by atoms with E-state index in [0.29, 0.717) is 17.7 Å². The van der Waals surface area contributed by atoms with Crippen molar-refractivity contribution in [3.8, 4) is 0 Å². The Bertz CT molecular complexity index is 767. The summed E-state index contributed by atoms with van der Waals surface area (Å²) in [6.45, 7) is 6.02. The summed E-state index contributed by atoms with van der Waals surface area (Å²) in [5.74, 6) is -0.243. The molecule has 0 aromatic rings. The molecule has 3 aliphatic rings. The van der Waals surface area contributed by atoms with Crippen LogP contribution >= 0.6 is 0 Å². The van der Waals surface area contributed by atoms with Gasteiger partial charge in [-0.25, -0.2) is 0 Å². The van der Waals surface area contributed by atoms with Gasteiger partial charge < -0.3 is 15.5 Å². The van der Waals surface area contributed by atoms with Crippen LogP contribution in [0.25, 0.3) is 0 Å². The van der Waals surface area contributed by atoms with Crippen molar-refractivity contribution in [2.75, 3.05) is 0 Å². The molecule has 2 N–H and O–H groups in total. The zero-order valence-corrected chi connectivity index (χ0v) is 20.8. The average molecular weight is 458 g/mol. The molecule has 3 amide bonds. The zero-order chi connectivity index (χ0) is 23.8. The predicted molar refractivity (Wildman–Crippen MR) is 131 cm³/mol. The fourth-order valence-corrected chi connectivity index (χ4v) is 5.32. The Kier molecular flexibility index (Phi) is 9.57. The molecule has 2 aliphatic carbocycles. The molecule has 3 unspecified atom stereocenters. The summed E-state index contributed by atoms with van der Waals surface area (Å²) < 4.78 is 0. The van der Waals surface area contributed by atoms with Crippen LogP contribution in [0, 0.1) is 5.92 Å². The molecular weight excluding hydrogens is 414 g/mol. The molecule has 6 nitrogen and oxygen atoms in total. The van der Waals surface area contributed by atoms with Crippen molar-refractivity contribution < 1.29 is 14.4 Å². The van der Waals surface area contributed by atoms with Crippen molar-refractivity contribution >= 4 is 17.7 Å². The molecule has 1 heterocycles. The number of nitrogens with zero attached hydrogens (tertiary/aromatic N) is 1. The molecule has 0 spiro atoms. The molecule has 33 heavy (non-hydrogen) atoms. The number of allylic oxidation sites excluding steroid dienone is 2. The number of hydrogen-bond donors (Lipinski definition) is 2. The minimum absolute atomic E-state index is 0.0966. The van der Waals surface area contributed by atoms with Crippen LogP contribution in [0.4, 0.5) is 0 Å². The zero-order valence-electron chi connectivity index (χ0n) is 20.8. The molecule has 3 atom stereocenters. The van der Waals surface area contributed by atoms with E-state index in [-0.39, 0.29) is 29.7 Å². The Hall–Kier alpha value is -2.11. The lowest BCUT2D eigenvalue weighted by atomic mass is 9.93. The Labute approximate surface area is 199 Å². The van der Waals surface area contributed by atoms with Gasteiger partial charge in [-0.2, -0.15) is 0 Å². The normalized spacial score (nSPS) is 24.9. The van der Waals surface area contributed by atoms with Gasteiger partial charge in [-0.05, 0) is 38.5 Å². The Balaban J connectivity index is 1.79. The van der Waals surface area contributed by atoms with Crippen LogP contribution < -0.4 is 10.6 Å². The highest BCUT2D eigenvalue weighted by molar-refractivity contribution is 6.06. The monoisotopic (exact) mass is 457 g/mol. The average Bonchev–Trinajstić information content (AvgIpc) is 2.88. The highest BCUT2D eigenvalue weighted by Gasteiger charge is 2.41. The first-order valence-electron chi connectivity index (χ1n) is 13.3. The van der Waals surface area contributed by atoms with Gasteiger partial charge in [0, 0.05) is 11.7 Å². The van der Waals surface area contributed by atoms with Crippen LogP contribution in [0.5, 0.6) is 0 Å². The van der Waals surface area contributed by atoms with Crippen LogP contribution in [0.15, 0.2) is 23.4 Å². The third-order valence-corrected chi connectivity index (χ3v) is 7.38. The third kappa shape index (κ3) is 6.70. The first-order valence-corrected chi connectivity index (χ1v) is 13.3. The van der Waals surface area contributed by atoms with Crippen molar-refractivity contribution in [2.24, 2.45) is 5.92 Å². The number of nitrogens with one attached hydrogen (secondary N) is 2. The molecule has 0 bridgehead atoms. The Morgan fingerprint density at radius 2 is 1.79 bits per heavy atom. The minimum Gasteiger partial charge on any atom is -0.352 e. The maximum atomic E-state index is 13.7. The first kappa shape index (κ1) is 25.5. The molecule has 184 valence electrons. The number of rotatable bonds is 10. The summed E-state index contributed by atoms with van der Waals surface area (Å²) in [6, 6.07) is -1.14. The summed E-state index contributed by atoms with van der Waals surface area (Å²) in [4.78, 5) is 41.8. The summed E-state index contributed by atoms with van der Waals surface area (Å²) in [7, 11) is 0. The number of amides is 3. The standard InChI is InChI=1S/C27H43N3O3/c1-4-5-6-7-8-12-15-24(26(32)28-21-13-10-9-11-14-21)30-20(3)25(31)29-23-18-19(2)16-17-22(23)27(30)33/h17-21,24H,4-16H2,1-3H3,(H,28,32)(H,29,31). The van der Waals surface area contributed by atoms with Gasteiger partial charge in [-0.15, -0.1) is 0 Å². The van der Waals surface area contributed by atoms with Gasteiger partial charge in [0.05, 0.1) is 5.57 Å². The number of fused-ring (bicyclic) bond motifs is 1. The van der Waals surface area contributed by atoms with Crippen molar-refractivity contribution in [1.29, 1.82) is 0 Å². The first-order chi connectivity index (χ1) is 15.9.